The number of hydrogen-bond acceptors (Lipinski definition) is 6. The predicted octanol–water partition coefficient (Wildman–Crippen LogP) is 5.97. The molecule has 0 bridgehead atoms. The van der Waals surface area contributed by atoms with Crippen molar-refractivity contribution >= 4 is 34.4 Å². The standard InChI is InChI=1S/C32H31N5O3/c1-21-17-22(2)35-29(18-21)34-16-15-33-24-9-11-25(12-10-24)36-32(39)31(38)30-28(23-7-5-4-6-8-23)19-26-13-14-27(40-3)20-37(26)30/h4-14,17-20,33H,15-16H2,1-3H3,(H,34,35)(H,36,39). The van der Waals surface area contributed by atoms with Crippen molar-refractivity contribution in [1.29, 1.82) is 0 Å². The second kappa shape index (κ2) is 11.7. The van der Waals surface area contributed by atoms with Crippen molar-refractivity contribution in [2.24, 2.45) is 0 Å². The molecule has 0 aliphatic rings. The SMILES string of the molecule is COc1ccc2cc(-c3ccccc3)c(C(=O)C(=O)Nc3ccc(NCCNc4cc(C)cc(C)n4)cc3)n2c1. The second-order valence-electron chi connectivity index (χ2n) is 9.52. The summed E-state index contributed by atoms with van der Waals surface area (Å²) < 4.78 is 7.07. The molecule has 3 N–H and O–H groups in total. The zero-order chi connectivity index (χ0) is 28.1. The van der Waals surface area contributed by atoms with E-state index in [2.05, 4.69) is 20.9 Å². The summed E-state index contributed by atoms with van der Waals surface area (Å²) >= 11 is 0. The van der Waals surface area contributed by atoms with Gasteiger partial charge in [-0.05, 0) is 79.6 Å². The van der Waals surface area contributed by atoms with Gasteiger partial charge in [-0.15, -0.1) is 0 Å². The molecular weight excluding hydrogens is 502 g/mol. The third kappa shape index (κ3) is 5.96. The van der Waals surface area contributed by atoms with E-state index >= 15 is 0 Å². The first-order valence-corrected chi connectivity index (χ1v) is 13.0. The maximum Gasteiger partial charge on any atom is 0.298 e. The van der Waals surface area contributed by atoms with Crippen LogP contribution in [0.2, 0.25) is 0 Å². The summed E-state index contributed by atoms with van der Waals surface area (Å²) in [5.74, 6) is 0.0820. The molecule has 8 heteroatoms. The first-order chi connectivity index (χ1) is 19.4. The van der Waals surface area contributed by atoms with Gasteiger partial charge in [0, 0.05) is 41.2 Å². The van der Waals surface area contributed by atoms with Gasteiger partial charge in [-0.1, -0.05) is 30.3 Å². The Morgan fingerprint density at radius 1 is 0.850 bits per heavy atom. The molecule has 8 nitrogen and oxygen atoms in total. The third-order valence-electron chi connectivity index (χ3n) is 6.48. The van der Waals surface area contributed by atoms with E-state index in [1.54, 1.807) is 29.8 Å². The number of amides is 1. The lowest BCUT2D eigenvalue weighted by Crippen LogP contribution is -2.24. The number of anilines is 3. The highest BCUT2D eigenvalue weighted by Gasteiger charge is 2.25. The maximum atomic E-state index is 13.5. The highest BCUT2D eigenvalue weighted by Crippen LogP contribution is 2.30. The minimum atomic E-state index is -0.717. The van der Waals surface area contributed by atoms with Crippen molar-refractivity contribution in [2.75, 3.05) is 36.1 Å². The van der Waals surface area contributed by atoms with Gasteiger partial charge in [0.25, 0.3) is 11.7 Å². The zero-order valence-electron chi connectivity index (χ0n) is 22.7. The van der Waals surface area contributed by atoms with Crippen LogP contribution < -0.4 is 20.7 Å². The summed E-state index contributed by atoms with van der Waals surface area (Å²) in [7, 11) is 1.56. The monoisotopic (exact) mass is 533 g/mol. The summed E-state index contributed by atoms with van der Waals surface area (Å²) in [6.45, 7) is 5.41. The molecule has 0 aliphatic heterocycles. The van der Waals surface area contributed by atoms with Gasteiger partial charge in [0.15, 0.2) is 0 Å². The van der Waals surface area contributed by atoms with Crippen LogP contribution in [0.3, 0.4) is 0 Å². The van der Waals surface area contributed by atoms with E-state index in [1.807, 2.05) is 86.6 Å². The number of carbonyl (C=O) groups is 2. The Bertz CT molecular complexity index is 1640. The van der Waals surface area contributed by atoms with Gasteiger partial charge in [0.2, 0.25) is 0 Å². The summed E-state index contributed by atoms with van der Waals surface area (Å²) in [6, 6.07) is 26.5. The van der Waals surface area contributed by atoms with Crippen molar-refractivity contribution in [1.82, 2.24) is 9.38 Å². The smallest absolute Gasteiger partial charge is 0.298 e. The van der Waals surface area contributed by atoms with Crippen LogP contribution in [-0.4, -0.2) is 41.3 Å². The first-order valence-electron chi connectivity index (χ1n) is 13.0. The van der Waals surface area contributed by atoms with E-state index in [0.717, 1.165) is 28.3 Å². The van der Waals surface area contributed by atoms with Crippen molar-refractivity contribution in [2.45, 2.75) is 13.8 Å². The van der Waals surface area contributed by atoms with Crippen LogP contribution in [0.1, 0.15) is 21.7 Å². The van der Waals surface area contributed by atoms with Crippen molar-refractivity contribution in [3.8, 4) is 16.9 Å². The summed E-state index contributed by atoms with van der Waals surface area (Å²) in [4.78, 5) is 31.1. The topological polar surface area (TPSA) is 96.8 Å². The Morgan fingerprint density at radius 3 is 2.30 bits per heavy atom. The number of benzene rings is 2. The highest BCUT2D eigenvalue weighted by atomic mass is 16.5. The van der Waals surface area contributed by atoms with Crippen molar-refractivity contribution in [3.05, 3.63) is 108 Å². The van der Waals surface area contributed by atoms with Gasteiger partial charge in [0.1, 0.15) is 17.3 Å². The number of aryl methyl sites for hydroxylation is 2. The molecule has 0 saturated carbocycles. The number of ether oxygens (including phenoxy) is 1. The highest BCUT2D eigenvalue weighted by molar-refractivity contribution is 6.47. The Hall–Kier alpha value is -5.11. The molecule has 0 radical (unpaired) electrons. The van der Waals surface area contributed by atoms with E-state index in [1.165, 1.54) is 5.56 Å². The number of fused-ring (bicyclic) bond motifs is 1. The van der Waals surface area contributed by atoms with Gasteiger partial charge in [-0.2, -0.15) is 0 Å². The molecule has 0 fully saturated rings. The van der Waals surface area contributed by atoms with Gasteiger partial charge in [-0.3, -0.25) is 9.59 Å². The number of nitrogens with zero attached hydrogens (tertiary/aromatic N) is 2. The fourth-order valence-corrected chi connectivity index (χ4v) is 4.64. The Morgan fingerprint density at radius 2 is 1.57 bits per heavy atom. The van der Waals surface area contributed by atoms with Crippen LogP contribution in [0, 0.1) is 13.8 Å². The second-order valence-corrected chi connectivity index (χ2v) is 9.52. The fourth-order valence-electron chi connectivity index (χ4n) is 4.64. The van der Waals surface area contributed by atoms with E-state index in [0.29, 0.717) is 30.1 Å². The predicted molar refractivity (Wildman–Crippen MR) is 159 cm³/mol. The van der Waals surface area contributed by atoms with Crippen LogP contribution in [0.15, 0.2) is 91.1 Å². The van der Waals surface area contributed by atoms with Gasteiger partial charge >= 0.3 is 0 Å². The number of carbonyl (C=O) groups excluding carboxylic acids is 2. The number of pyridine rings is 2. The van der Waals surface area contributed by atoms with E-state index < -0.39 is 11.7 Å². The quantitative estimate of drug-likeness (QED) is 0.116. The molecule has 0 unspecified atom stereocenters. The molecule has 2 aromatic carbocycles. The van der Waals surface area contributed by atoms with Crippen LogP contribution in [0.4, 0.5) is 17.2 Å². The largest absolute Gasteiger partial charge is 0.495 e. The number of methoxy groups -OCH3 is 1. The van der Waals surface area contributed by atoms with Crippen molar-refractivity contribution < 1.29 is 14.3 Å². The average Bonchev–Trinajstić information content (AvgIpc) is 3.34. The number of nitrogens with one attached hydrogen (secondary N) is 3. The van der Waals surface area contributed by atoms with Gasteiger partial charge in [0.05, 0.1) is 13.3 Å². The number of hydrogen-bond donors (Lipinski definition) is 3. The van der Waals surface area contributed by atoms with Crippen LogP contribution in [0.5, 0.6) is 5.75 Å². The fraction of sp³-hybridized carbons (Fsp3) is 0.156. The van der Waals surface area contributed by atoms with E-state index in [-0.39, 0.29) is 5.69 Å². The van der Waals surface area contributed by atoms with Gasteiger partial charge < -0.3 is 25.1 Å². The van der Waals surface area contributed by atoms with E-state index in [4.69, 9.17) is 4.74 Å². The summed E-state index contributed by atoms with van der Waals surface area (Å²) in [5, 5.41) is 9.41. The average molecular weight is 534 g/mol. The number of aromatic nitrogens is 2. The normalized spacial score (nSPS) is 10.8. The lowest BCUT2D eigenvalue weighted by molar-refractivity contribution is -0.112. The molecule has 3 aromatic heterocycles. The molecule has 5 rings (SSSR count). The molecule has 3 heterocycles. The van der Waals surface area contributed by atoms with Crippen LogP contribution >= 0.6 is 0 Å². The number of rotatable bonds is 10. The zero-order valence-corrected chi connectivity index (χ0v) is 22.7. The minimum absolute atomic E-state index is 0.279. The number of Topliss-reactive ketones (excluding diaryl/α,β-unsaturated/α-hetero) is 1. The number of ketones is 1. The molecule has 1 amide bonds. The Kier molecular flexibility index (Phi) is 7.77. The molecule has 5 aromatic rings. The lowest BCUT2D eigenvalue weighted by Gasteiger charge is -2.11. The summed E-state index contributed by atoms with van der Waals surface area (Å²) in [5.41, 5.74) is 6.16. The van der Waals surface area contributed by atoms with Crippen molar-refractivity contribution in [3.63, 3.8) is 0 Å². The molecule has 202 valence electrons. The molecule has 0 spiro atoms. The van der Waals surface area contributed by atoms with E-state index in [9.17, 15) is 9.59 Å². The Balaban J connectivity index is 1.26. The van der Waals surface area contributed by atoms with Crippen LogP contribution in [-0.2, 0) is 4.79 Å². The molecule has 0 aliphatic carbocycles. The molecular formula is C32H31N5O3. The lowest BCUT2D eigenvalue weighted by atomic mass is 10.0. The third-order valence-corrected chi connectivity index (χ3v) is 6.48. The van der Waals surface area contributed by atoms with Gasteiger partial charge in [-0.25, -0.2) is 4.98 Å². The first kappa shape index (κ1) is 26.5. The summed E-state index contributed by atoms with van der Waals surface area (Å²) in [6.07, 6.45) is 1.72. The maximum absolute atomic E-state index is 13.5. The molecule has 0 atom stereocenters. The molecule has 0 saturated heterocycles. The molecule has 40 heavy (non-hydrogen) atoms. The van der Waals surface area contributed by atoms with Crippen LogP contribution in [0.25, 0.3) is 16.6 Å². The minimum Gasteiger partial charge on any atom is -0.495 e. The Labute approximate surface area is 233 Å².